The second-order valence-electron chi connectivity index (χ2n) is 5.02. The molecule has 116 valence electrons. The van der Waals surface area contributed by atoms with Gasteiger partial charge in [-0.2, -0.15) is 5.10 Å². The number of nitrogens with one attached hydrogen (secondary N) is 1. The van der Waals surface area contributed by atoms with Gasteiger partial charge in [-0.05, 0) is 31.2 Å². The van der Waals surface area contributed by atoms with Crippen LogP contribution in [-0.4, -0.2) is 32.5 Å². The molecule has 2 rings (SSSR count). The lowest BCUT2D eigenvalue weighted by atomic mass is 10.1. The summed E-state index contributed by atoms with van der Waals surface area (Å²) in [5, 5.41) is 6.75. The van der Waals surface area contributed by atoms with E-state index < -0.39 is 5.82 Å². The Morgan fingerprint density at radius 3 is 2.64 bits per heavy atom. The molecule has 6 nitrogen and oxygen atoms in total. The molecule has 1 N–H and O–H groups in total. The fraction of sp³-hybridized carbons (Fsp3) is 0.333. The first-order valence-electron chi connectivity index (χ1n) is 6.95. The van der Waals surface area contributed by atoms with E-state index in [9.17, 15) is 14.0 Å². The summed E-state index contributed by atoms with van der Waals surface area (Å²) < 4.78 is 14.4. The molecule has 0 aliphatic carbocycles. The molecule has 1 amide bonds. The molecule has 1 heterocycles. The van der Waals surface area contributed by atoms with Crippen molar-refractivity contribution in [3.8, 4) is 0 Å². The maximum absolute atomic E-state index is 12.8. The van der Waals surface area contributed by atoms with Crippen LogP contribution < -0.4 is 5.32 Å². The molecule has 0 aliphatic rings. The molecule has 0 saturated heterocycles. The highest BCUT2D eigenvalue weighted by Gasteiger charge is 2.12. The Kier molecular flexibility index (Phi) is 5.35. The molecular formula is C15H17FN4O2. The van der Waals surface area contributed by atoms with Crippen LogP contribution in [0.15, 0.2) is 36.9 Å². The van der Waals surface area contributed by atoms with E-state index in [-0.39, 0.29) is 30.6 Å². The van der Waals surface area contributed by atoms with Crippen LogP contribution in [0.25, 0.3) is 0 Å². The van der Waals surface area contributed by atoms with Crippen LogP contribution in [0.2, 0.25) is 0 Å². The highest BCUT2D eigenvalue weighted by Crippen LogP contribution is 2.07. The van der Waals surface area contributed by atoms with Crippen molar-refractivity contribution in [1.82, 2.24) is 20.1 Å². The van der Waals surface area contributed by atoms with Crippen molar-refractivity contribution >= 4 is 11.7 Å². The van der Waals surface area contributed by atoms with Gasteiger partial charge in [-0.3, -0.25) is 14.3 Å². The zero-order valence-electron chi connectivity index (χ0n) is 12.2. The molecule has 0 unspecified atom stereocenters. The quantitative estimate of drug-likeness (QED) is 0.788. The number of nitrogens with zero attached hydrogens (tertiary/aromatic N) is 3. The third kappa shape index (κ3) is 4.76. The number of halogens is 1. The largest absolute Gasteiger partial charge is 0.352 e. The van der Waals surface area contributed by atoms with Crippen molar-refractivity contribution in [3.63, 3.8) is 0 Å². The van der Waals surface area contributed by atoms with Gasteiger partial charge in [0.2, 0.25) is 5.91 Å². The van der Waals surface area contributed by atoms with Crippen LogP contribution in [0.5, 0.6) is 0 Å². The molecule has 0 radical (unpaired) electrons. The summed E-state index contributed by atoms with van der Waals surface area (Å²) in [5.41, 5.74) is 0.407. The Morgan fingerprint density at radius 2 is 2.00 bits per heavy atom. The topological polar surface area (TPSA) is 76.9 Å². The van der Waals surface area contributed by atoms with Gasteiger partial charge in [0.15, 0.2) is 5.78 Å². The molecule has 1 aromatic carbocycles. The number of rotatable bonds is 7. The van der Waals surface area contributed by atoms with Crippen LogP contribution in [0.1, 0.15) is 30.1 Å². The molecule has 0 saturated carbocycles. The standard InChI is InChI=1S/C15H17FN4O2/c1-11(8-20-10-17-9-18-20)19-15(22)7-6-14(21)12-2-4-13(16)5-3-12/h2-5,9-11H,6-8H2,1H3,(H,19,22)/t11-/m1/s1. The summed E-state index contributed by atoms with van der Waals surface area (Å²) in [5.74, 6) is -0.779. The lowest BCUT2D eigenvalue weighted by Crippen LogP contribution is -2.35. The van der Waals surface area contributed by atoms with Crippen molar-refractivity contribution in [2.45, 2.75) is 32.4 Å². The van der Waals surface area contributed by atoms with E-state index >= 15 is 0 Å². The minimum atomic E-state index is -0.392. The summed E-state index contributed by atoms with van der Waals surface area (Å²) in [7, 11) is 0. The monoisotopic (exact) mass is 304 g/mol. The molecule has 0 bridgehead atoms. The first-order valence-corrected chi connectivity index (χ1v) is 6.95. The Labute approximate surface area is 127 Å². The predicted molar refractivity (Wildman–Crippen MR) is 77.6 cm³/mol. The summed E-state index contributed by atoms with van der Waals surface area (Å²) >= 11 is 0. The molecule has 2 aromatic rings. The average molecular weight is 304 g/mol. The second-order valence-corrected chi connectivity index (χ2v) is 5.02. The number of hydrogen-bond donors (Lipinski definition) is 1. The summed E-state index contributed by atoms with van der Waals surface area (Å²) in [6.07, 6.45) is 3.18. The maximum atomic E-state index is 12.8. The molecule has 0 spiro atoms. The second kappa shape index (κ2) is 7.44. The molecule has 1 atom stereocenters. The van der Waals surface area contributed by atoms with Crippen LogP contribution in [-0.2, 0) is 11.3 Å². The third-order valence-electron chi connectivity index (χ3n) is 3.08. The van der Waals surface area contributed by atoms with Gasteiger partial charge in [-0.1, -0.05) is 0 Å². The van der Waals surface area contributed by atoms with Gasteiger partial charge in [0, 0.05) is 24.4 Å². The Hall–Kier alpha value is -2.57. The van der Waals surface area contributed by atoms with E-state index in [1.165, 1.54) is 30.6 Å². The Balaban J connectivity index is 1.75. The predicted octanol–water partition coefficient (Wildman–Crippen LogP) is 1.58. The number of carbonyl (C=O) groups excluding carboxylic acids is 2. The fourth-order valence-corrected chi connectivity index (χ4v) is 2.01. The van der Waals surface area contributed by atoms with Crippen molar-refractivity contribution in [2.75, 3.05) is 0 Å². The van der Waals surface area contributed by atoms with E-state index in [1.54, 1.807) is 11.0 Å². The van der Waals surface area contributed by atoms with Gasteiger partial charge in [-0.25, -0.2) is 9.37 Å². The van der Waals surface area contributed by atoms with E-state index in [1.807, 2.05) is 6.92 Å². The van der Waals surface area contributed by atoms with Gasteiger partial charge in [0.1, 0.15) is 18.5 Å². The molecule has 1 aromatic heterocycles. The van der Waals surface area contributed by atoms with E-state index in [4.69, 9.17) is 0 Å². The van der Waals surface area contributed by atoms with Crippen LogP contribution in [0, 0.1) is 5.82 Å². The normalized spacial score (nSPS) is 11.9. The Morgan fingerprint density at radius 1 is 1.27 bits per heavy atom. The SMILES string of the molecule is C[C@H](Cn1cncn1)NC(=O)CCC(=O)c1ccc(F)cc1. The zero-order chi connectivity index (χ0) is 15.9. The molecule has 7 heteroatoms. The number of amides is 1. The highest BCUT2D eigenvalue weighted by molar-refractivity contribution is 5.97. The number of Topliss-reactive ketones (excluding diaryl/α,β-unsaturated/α-hetero) is 1. The summed E-state index contributed by atoms with van der Waals surface area (Å²) in [6, 6.07) is 5.18. The first kappa shape index (κ1) is 15.8. The van der Waals surface area contributed by atoms with Crippen LogP contribution in [0.3, 0.4) is 0 Å². The van der Waals surface area contributed by atoms with Gasteiger partial charge < -0.3 is 5.32 Å². The van der Waals surface area contributed by atoms with Gasteiger partial charge in [0.25, 0.3) is 0 Å². The van der Waals surface area contributed by atoms with Crippen molar-refractivity contribution < 1.29 is 14.0 Å². The molecule has 0 aliphatic heterocycles. The first-order chi connectivity index (χ1) is 10.5. The molecular weight excluding hydrogens is 287 g/mol. The third-order valence-corrected chi connectivity index (χ3v) is 3.08. The minimum Gasteiger partial charge on any atom is -0.352 e. The van der Waals surface area contributed by atoms with Crippen LogP contribution >= 0.6 is 0 Å². The summed E-state index contributed by atoms with van der Waals surface area (Å²) in [6.45, 7) is 2.36. The smallest absolute Gasteiger partial charge is 0.220 e. The lowest BCUT2D eigenvalue weighted by Gasteiger charge is -2.13. The molecule has 0 fully saturated rings. The van der Waals surface area contributed by atoms with Gasteiger partial charge in [0.05, 0.1) is 6.54 Å². The number of hydrogen-bond acceptors (Lipinski definition) is 4. The van der Waals surface area contributed by atoms with Crippen molar-refractivity contribution in [1.29, 1.82) is 0 Å². The van der Waals surface area contributed by atoms with Crippen LogP contribution in [0.4, 0.5) is 4.39 Å². The number of aromatic nitrogens is 3. The van der Waals surface area contributed by atoms with Crippen molar-refractivity contribution in [3.05, 3.63) is 48.3 Å². The fourth-order valence-electron chi connectivity index (χ4n) is 2.01. The van der Waals surface area contributed by atoms with E-state index in [0.29, 0.717) is 12.1 Å². The van der Waals surface area contributed by atoms with Gasteiger partial charge >= 0.3 is 0 Å². The Bertz CT molecular complexity index is 626. The zero-order valence-corrected chi connectivity index (χ0v) is 12.2. The number of benzene rings is 1. The van der Waals surface area contributed by atoms with Crippen molar-refractivity contribution in [2.24, 2.45) is 0 Å². The highest BCUT2D eigenvalue weighted by atomic mass is 19.1. The van der Waals surface area contributed by atoms with E-state index in [0.717, 1.165) is 0 Å². The summed E-state index contributed by atoms with van der Waals surface area (Å²) in [4.78, 5) is 27.5. The van der Waals surface area contributed by atoms with Gasteiger partial charge in [-0.15, -0.1) is 0 Å². The minimum absolute atomic E-state index is 0.0908. The number of ketones is 1. The lowest BCUT2D eigenvalue weighted by molar-refractivity contribution is -0.121. The average Bonchev–Trinajstić information content (AvgIpc) is 2.98. The number of carbonyl (C=O) groups is 2. The van der Waals surface area contributed by atoms with E-state index in [2.05, 4.69) is 15.4 Å². The maximum Gasteiger partial charge on any atom is 0.220 e. The molecule has 22 heavy (non-hydrogen) atoms.